The number of likely N-dealkylation sites (tertiary alicyclic amines) is 2. The third kappa shape index (κ3) is 3.65. The molecule has 126 valence electrons. The molecule has 3 rings (SSSR count). The molecule has 1 aromatic rings. The van der Waals surface area contributed by atoms with Crippen LogP contribution < -0.4 is 5.32 Å². The number of nitrogens with one attached hydrogen (secondary N) is 1. The number of carbonyl (C=O) groups excluding carboxylic acids is 2. The van der Waals surface area contributed by atoms with Crippen LogP contribution in [0.25, 0.3) is 0 Å². The van der Waals surface area contributed by atoms with Crippen molar-refractivity contribution < 1.29 is 18.4 Å². The molecule has 0 aliphatic carbocycles. The highest BCUT2D eigenvalue weighted by atomic mass is 19.1. The van der Waals surface area contributed by atoms with E-state index < -0.39 is 18.2 Å². The third-order valence-corrected chi connectivity index (χ3v) is 4.46. The van der Waals surface area contributed by atoms with Crippen molar-refractivity contribution in [2.75, 3.05) is 19.6 Å². The number of urea groups is 1. The zero-order valence-corrected chi connectivity index (χ0v) is 13.0. The maximum Gasteiger partial charge on any atom is 0.318 e. The standard InChI is InChI=1S/C16H22FN3O3/c17-12-9-14(15(21)19-6-2-1-3-7-19)20(11-12)16(22)18-10-13-5-4-8-23-13/h4-5,8,12,14H,1-3,6-7,9-11H2,(H,18,22)/t12-,14-/m0/s1. The topological polar surface area (TPSA) is 65.8 Å². The van der Waals surface area contributed by atoms with Crippen LogP contribution in [0.1, 0.15) is 31.4 Å². The lowest BCUT2D eigenvalue weighted by molar-refractivity contribution is -0.136. The minimum absolute atomic E-state index is 0.0335. The summed E-state index contributed by atoms with van der Waals surface area (Å²) in [5.41, 5.74) is 0. The Kier molecular flexibility index (Phi) is 4.83. The summed E-state index contributed by atoms with van der Waals surface area (Å²) in [6.45, 7) is 1.60. The van der Waals surface area contributed by atoms with Gasteiger partial charge in [0.2, 0.25) is 5.91 Å². The molecular formula is C16H22FN3O3. The number of hydrogen-bond donors (Lipinski definition) is 1. The minimum atomic E-state index is -1.15. The van der Waals surface area contributed by atoms with E-state index in [1.165, 1.54) is 11.2 Å². The lowest BCUT2D eigenvalue weighted by Gasteiger charge is -2.32. The van der Waals surface area contributed by atoms with Crippen molar-refractivity contribution in [3.05, 3.63) is 24.2 Å². The molecule has 0 aromatic carbocycles. The maximum absolute atomic E-state index is 13.8. The number of carbonyl (C=O) groups is 2. The number of hydrogen-bond acceptors (Lipinski definition) is 3. The minimum Gasteiger partial charge on any atom is -0.467 e. The summed E-state index contributed by atoms with van der Waals surface area (Å²) in [6, 6.07) is 2.37. The Hall–Kier alpha value is -2.05. The van der Waals surface area contributed by atoms with Crippen LogP contribution in [0.2, 0.25) is 0 Å². The smallest absolute Gasteiger partial charge is 0.318 e. The van der Waals surface area contributed by atoms with Crippen molar-refractivity contribution in [1.82, 2.24) is 15.1 Å². The van der Waals surface area contributed by atoms with E-state index in [0.29, 0.717) is 18.8 Å². The first-order chi connectivity index (χ1) is 11.1. The molecule has 2 aliphatic rings. The van der Waals surface area contributed by atoms with Crippen molar-refractivity contribution in [3.8, 4) is 0 Å². The molecule has 0 unspecified atom stereocenters. The normalized spacial score (nSPS) is 24.7. The quantitative estimate of drug-likeness (QED) is 0.924. The molecule has 1 N–H and O–H groups in total. The second kappa shape index (κ2) is 7.02. The van der Waals surface area contributed by atoms with Crippen molar-refractivity contribution in [2.24, 2.45) is 0 Å². The Morgan fingerprint density at radius 2 is 2.09 bits per heavy atom. The number of amides is 3. The lowest BCUT2D eigenvalue weighted by atomic mass is 10.1. The Balaban J connectivity index is 1.61. The van der Waals surface area contributed by atoms with Gasteiger partial charge in [-0.25, -0.2) is 9.18 Å². The zero-order valence-electron chi connectivity index (χ0n) is 13.0. The molecule has 3 heterocycles. The highest BCUT2D eigenvalue weighted by molar-refractivity contribution is 5.88. The van der Waals surface area contributed by atoms with Gasteiger partial charge in [0.1, 0.15) is 18.0 Å². The van der Waals surface area contributed by atoms with Crippen LogP contribution in [0.3, 0.4) is 0 Å². The second-order valence-electron chi connectivity index (χ2n) is 6.13. The van der Waals surface area contributed by atoms with E-state index in [2.05, 4.69) is 5.32 Å². The highest BCUT2D eigenvalue weighted by Crippen LogP contribution is 2.24. The number of rotatable bonds is 3. The number of alkyl halides is 1. The molecule has 0 radical (unpaired) electrons. The molecule has 2 aliphatic heterocycles. The van der Waals surface area contributed by atoms with Gasteiger partial charge in [0, 0.05) is 19.5 Å². The van der Waals surface area contributed by atoms with E-state index in [0.717, 1.165) is 19.3 Å². The Morgan fingerprint density at radius 1 is 1.30 bits per heavy atom. The lowest BCUT2D eigenvalue weighted by Crippen LogP contribution is -2.51. The first-order valence-electron chi connectivity index (χ1n) is 8.15. The van der Waals surface area contributed by atoms with Crippen LogP contribution in [0.4, 0.5) is 9.18 Å². The first kappa shape index (κ1) is 15.8. The van der Waals surface area contributed by atoms with Gasteiger partial charge in [-0.15, -0.1) is 0 Å². The summed E-state index contributed by atoms with van der Waals surface area (Å²) in [6.07, 6.45) is 3.53. The average Bonchev–Trinajstić information content (AvgIpc) is 3.22. The summed E-state index contributed by atoms with van der Waals surface area (Å²) in [4.78, 5) is 28.0. The van der Waals surface area contributed by atoms with Crippen LogP contribution in [-0.2, 0) is 11.3 Å². The average molecular weight is 323 g/mol. The molecule has 3 amide bonds. The van der Waals surface area contributed by atoms with Gasteiger partial charge < -0.3 is 19.5 Å². The van der Waals surface area contributed by atoms with Crippen LogP contribution in [-0.4, -0.2) is 53.6 Å². The summed E-state index contributed by atoms with van der Waals surface area (Å²) in [7, 11) is 0. The Bertz CT molecular complexity index is 543. The van der Waals surface area contributed by atoms with E-state index >= 15 is 0 Å². The molecule has 7 heteroatoms. The fraction of sp³-hybridized carbons (Fsp3) is 0.625. The van der Waals surface area contributed by atoms with E-state index in [1.54, 1.807) is 17.0 Å². The monoisotopic (exact) mass is 323 g/mol. The van der Waals surface area contributed by atoms with Crippen molar-refractivity contribution in [2.45, 2.75) is 44.4 Å². The van der Waals surface area contributed by atoms with Crippen molar-refractivity contribution in [1.29, 1.82) is 0 Å². The summed E-state index contributed by atoms with van der Waals surface area (Å²) >= 11 is 0. The third-order valence-electron chi connectivity index (χ3n) is 4.46. The molecule has 0 saturated carbocycles. The van der Waals surface area contributed by atoms with Gasteiger partial charge in [-0.1, -0.05) is 0 Å². The van der Waals surface area contributed by atoms with Gasteiger partial charge in [-0.3, -0.25) is 4.79 Å². The van der Waals surface area contributed by atoms with E-state index in [-0.39, 0.29) is 25.4 Å². The zero-order chi connectivity index (χ0) is 16.2. The van der Waals surface area contributed by atoms with Gasteiger partial charge in [-0.05, 0) is 31.4 Å². The Labute approximate surface area is 134 Å². The highest BCUT2D eigenvalue weighted by Gasteiger charge is 2.41. The predicted molar refractivity (Wildman–Crippen MR) is 81.4 cm³/mol. The van der Waals surface area contributed by atoms with Crippen LogP contribution in [0.5, 0.6) is 0 Å². The fourth-order valence-electron chi connectivity index (χ4n) is 3.25. The largest absolute Gasteiger partial charge is 0.467 e. The second-order valence-corrected chi connectivity index (χ2v) is 6.13. The molecule has 1 aromatic heterocycles. The van der Waals surface area contributed by atoms with E-state index in [4.69, 9.17) is 4.42 Å². The van der Waals surface area contributed by atoms with Crippen LogP contribution >= 0.6 is 0 Å². The predicted octanol–water partition coefficient (Wildman–Crippen LogP) is 1.91. The summed E-state index contributed by atoms with van der Waals surface area (Å²) in [5, 5.41) is 2.69. The van der Waals surface area contributed by atoms with Gasteiger partial charge in [0.05, 0.1) is 19.4 Å². The van der Waals surface area contributed by atoms with Gasteiger partial charge in [0.25, 0.3) is 0 Å². The summed E-state index contributed by atoms with van der Waals surface area (Å²) < 4.78 is 19.0. The Morgan fingerprint density at radius 3 is 2.78 bits per heavy atom. The molecule has 2 saturated heterocycles. The SMILES string of the molecule is O=C([C@@H]1C[C@H](F)CN1C(=O)NCc1ccco1)N1CCCCC1. The maximum atomic E-state index is 13.8. The molecule has 0 spiro atoms. The van der Waals surface area contributed by atoms with Crippen LogP contribution in [0.15, 0.2) is 22.8 Å². The first-order valence-corrected chi connectivity index (χ1v) is 8.15. The van der Waals surface area contributed by atoms with E-state index in [9.17, 15) is 14.0 Å². The fourth-order valence-corrected chi connectivity index (χ4v) is 3.25. The van der Waals surface area contributed by atoms with Crippen molar-refractivity contribution in [3.63, 3.8) is 0 Å². The molecule has 2 fully saturated rings. The number of furan rings is 1. The van der Waals surface area contributed by atoms with Gasteiger partial charge in [0.15, 0.2) is 0 Å². The van der Waals surface area contributed by atoms with Gasteiger partial charge in [-0.2, -0.15) is 0 Å². The number of piperidine rings is 1. The number of halogens is 1. The molecule has 6 nitrogen and oxygen atoms in total. The van der Waals surface area contributed by atoms with Crippen LogP contribution in [0, 0.1) is 0 Å². The molecule has 23 heavy (non-hydrogen) atoms. The number of nitrogens with zero attached hydrogens (tertiary/aromatic N) is 2. The van der Waals surface area contributed by atoms with Gasteiger partial charge >= 0.3 is 6.03 Å². The molecule has 0 bridgehead atoms. The molecule has 2 atom stereocenters. The van der Waals surface area contributed by atoms with E-state index in [1.807, 2.05) is 0 Å². The van der Waals surface area contributed by atoms with Crippen molar-refractivity contribution >= 4 is 11.9 Å². The molecular weight excluding hydrogens is 301 g/mol. The summed E-state index contributed by atoms with van der Waals surface area (Å²) in [5.74, 6) is 0.492.